The van der Waals surface area contributed by atoms with Crippen LogP contribution >= 0.6 is 35.2 Å². The number of benzene rings is 2. The van der Waals surface area contributed by atoms with Gasteiger partial charge >= 0.3 is 29.4 Å². The molecule has 0 radical (unpaired) electrons. The van der Waals surface area contributed by atoms with Gasteiger partial charge in [-0.15, -0.1) is 0 Å². The van der Waals surface area contributed by atoms with E-state index in [9.17, 15) is 67.8 Å². The van der Waals surface area contributed by atoms with Crippen LogP contribution in [0.15, 0.2) is 55.1 Å². The van der Waals surface area contributed by atoms with Gasteiger partial charge in [0.05, 0.1) is 31.4 Å². The molecule has 4 aromatic rings. The molecule has 66 heavy (non-hydrogen) atoms. The third-order valence-electron chi connectivity index (χ3n) is 10.1. The first-order valence-electron chi connectivity index (χ1n) is 19.5. The maximum Gasteiger partial charge on any atom is 0.481 e. The Balaban J connectivity index is 1.06. The first-order valence-corrected chi connectivity index (χ1v) is 25.0. The van der Waals surface area contributed by atoms with Gasteiger partial charge in [-0.3, -0.25) is 37.3 Å². The van der Waals surface area contributed by atoms with Crippen LogP contribution in [-0.2, 0) is 60.9 Å². The average Bonchev–Trinajstić information content (AvgIpc) is 3.79. The molecule has 1 saturated heterocycles. The zero-order chi connectivity index (χ0) is 48.8. The van der Waals surface area contributed by atoms with E-state index < -0.39 is 107 Å². The number of rotatable bonds is 23. The summed E-state index contributed by atoms with van der Waals surface area (Å²) in [4.78, 5) is 102. The van der Waals surface area contributed by atoms with Crippen LogP contribution < -0.4 is 16.4 Å². The number of aliphatic carboxylic acids is 1. The molecule has 2 aromatic heterocycles. The van der Waals surface area contributed by atoms with Crippen LogP contribution in [0.5, 0.6) is 0 Å². The highest BCUT2D eigenvalue weighted by molar-refractivity contribution is 8.13. The molecular weight excluding hydrogens is 959 g/mol. The highest BCUT2D eigenvalue weighted by Gasteiger charge is 2.50. The minimum absolute atomic E-state index is 0.0167. The fourth-order valence-corrected chi connectivity index (χ4v) is 10.4. The van der Waals surface area contributed by atoms with E-state index in [1.54, 1.807) is 25.1 Å². The van der Waals surface area contributed by atoms with Gasteiger partial charge in [-0.05, 0) is 23.3 Å². The van der Waals surface area contributed by atoms with Gasteiger partial charge in [-0.2, -0.15) is 4.31 Å². The number of carbonyl (C=O) groups is 4. The summed E-state index contributed by atoms with van der Waals surface area (Å²) >= 11 is 0.859. The van der Waals surface area contributed by atoms with Crippen molar-refractivity contribution in [3.63, 3.8) is 0 Å². The number of carboxylic acids is 1. The number of nitrogens with two attached hydrogens (primary N) is 1. The van der Waals surface area contributed by atoms with Crippen molar-refractivity contribution in [2.45, 2.75) is 69.7 Å². The van der Waals surface area contributed by atoms with E-state index in [0.717, 1.165) is 39.8 Å². The van der Waals surface area contributed by atoms with Crippen molar-refractivity contribution < 1.29 is 90.4 Å². The number of hydrogen-bond donors (Lipinski definition) is 10. The van der Waals surface area contributed by atoms with E-state index in [1.165, 1.54) is 13.8 Å². The maximum absolute atomic E-state index is 13.4. The zero-order valence-corrected chi connectivity index (χ0v) is 38.7. The highest BCUT2D eigenvalue weighted by Crippen LogP contribution is 2.61. The predicted molar refractivity (Wildman–Crippen MR) is 231 cm³/mol. The van der Waals surface area contributed by atoms with Crippen LogP contribution in [0.2, 0.25) is 0 Å². The van der Waals surface area contributed by atoms with Gasteiger partial charge in [0.15, 0.2) is 22.8 Å². The molecule has 26 nitrogen and oxygen atoms in total. The summed E-state index contributed by atoms with van der Waals surface area (Å²) < 4.78 is 62.4. The van der Waals surface area contributed by atoms with Crippen LogP contribution in [0.25, 0.3) is 21.9 Å². The van der Waals surface area contributed by atoms with Crippen molar-refractivity contribution in [3.05, 3.63) is 60.7 Å². The van der Waals surface area contributed by atoms with Crippen LogP contribution in [0.1, 0.15) is 45.4 Å². The SMILES string of the molecule is CC(CC(=O)O)(C(=O)SCCNC(=O)CCNC(=O)[C@H](O)C(C)(C)COP(=O)(O)OP(=O)(O)OC[C@H]1O[C@@H](n2cnc3c(N)ncnc32)[C@H](O)[C@@H]1OP(=O)(O)O)c1cccc2ccccc12. The second kappa shape index (κ2) is 21.4. The number of ether oxygens (including phenoxy) is 1. The standard InChI is InChI=1S/C36H48N7O19P3S/c1-35(2,29(48)32(49)39-12-11-24(44)38-13-14-66-34(50)36(3,15-25(45)46)22-10-6-8-20-7-4-5-9-21(20)22)17-59-65(56,57)62-64(54,55)58-16-23-28(61-63(51,52)53)27(47)33(60-23)43-19-42-26-30(37)40-18-41-31(26)43/h4-10,18-19,23,27-29,33,47-48H,11-17H2,1-3H3,(H,38,44)(H,39,49)(H,45,46)(H,54,55)(H,56,57)(H2,37,40,41)(H2,51,52,53)/t23-,27-,28-,29+,33-,36?/m1/s1. The monoisotopic (exact) mass is 1010 g/mol. The number of amides is 2. The second-order valence-electron chi connectivity index (χ2n) is 15.6. The largest absolute Gasteiger partial charge is 0.481 e. The number of anilines is 1. The van der Waals surface area contributed by atoms with Crippen molar-refractivity contribution in [2.24, 2.45) is 5.41 Å². The van der Waals surface area contributed by atoms with Crippen molar-refractivity contribution in [3.8, 4) is 0 Å². The zero-order valence-electron chi connectivity index (χ0n) is 35.2. The summed E-state index contributed by atoms with van der Waals surface area (Å²) in [5.41, 5.74) is 3.37. The van der Waals surface area contributed by atoms with E-state index >= 15 is 0 Å². The number of carbonyl (C=O) groups excluding carboxylic acids is 3. The number of nitrogens with zero attached hydrogens (tertiary/aromatic N) is 4. The number of carboxylic acid groups (broad SMARTS) is 1. The molecule has 2 amide bonds. The number of aromatic nitrogens is 4. The van der Waals surface area contributed by atoms with Crippen molar-refractivity contribution in [2.75, 3.05) is 37.8 Å². The Labute approximate surface area is 379 Å². The van der Waals surface area contributed by atoms with Gasteiger partial charge in [0, 0.05) is 30.7 Å². The molecule has 1 aliphatic heterocycles. The Kier molecular flexibility index (Phi) is 17.0. The summed E-state index contributed by atoms with van der Waals surface area (Å²) in [5.74, 6) is -2.68. The van der Waals surface area contributed by atoms with E-state index in [-0.39, 0.29) is 42.2 Å². The Morgan fingerprint density at radius 3 is 2.33 bits per heavy atom. The quantitative estimate of drug-likeness (QED) is 0.0369. The fourth-order valence-electron chi connectivity index (χ4n) is 6.72. The van der Waals surface area contributed by atoms with Gasteiger partial charge in [-0.25, -0.2) is 28.6 Å². The van der Waals surface area contributed by atoms with Gasteiger partial charge < -0.3 is 56.0 Å². The van der Waals surface area contributed by atoms with Crippen molar-refractivity contribution >= 4 is 85.9 Å². The molecule has 3 unspecified atom stereocenters. The van der Waals surface area contributed by atoms with Gasteiger partial charge in [0.1, 0.15) is 36.3 Å². The number of aliphatic hydroxyl groups excluding tert-OH is 2. The van der Waals surface area contributed by atoms with Gasteiger partial charge in [0.25, 0.3) is 0 Å². The Bertz CT molecular complexity index is 2580. The average molecular weight is 1010 g/mol. The number of hydrogen-bond acceptors (Lipinski definition) is 19. The van der Waals surface area contributed by atoms with Gasteiger partial charge in [-0.1, -0.05) is 68.1 Å². The van der Waals surface area contributed by atoms with Gasteiger partial charge in [0.2, 0.25) is 11.8 Å². The number of thioether (sulfide) groups is 1. The Morgan fingerprint density at radius 1 is 0.955 bits per heavy atom. The Hall–Kier alpha value is -4.27. The maximum atomic E-state index is 13.4. The summed E-state index contributed by atoms with van der Waals surface area (Å²) in [7, 11) is -16.5. The summed E-state index contributed by atoms with van der Waals surface area (Å²) in [5, 5.41) is 37.3. The second-order valence-corrected chi connectivity index (χ2v) is 20.9. The minimum Gasteiger partial charge on any atom is -0.481 e. The lowest BCUT2D eigenvalue weighted by atomic mass is 9.78. The number of nitrogen functional groups attached to an aromatic ring is 1. The van der Waals surface area contributed by atoms with E-state index in [4.69, 9.17) is 19.5 Å². The van der Waals surface area contributed by atoms with E-state index in [2.05, 4.69) is 34.4 Å². The summed E-state index contributed by atoms with van der Waals surface area (Å²) in [6.45, 7) is 1.67. The molecule has 1 aliphatic rings. The molecule has 8 atom stereocenters. The number of imidazole rings is 1. The topological polar surface area (TPSA) is 401 Å². The minimum atomic E-state index is -5.61. The fraction of sp³-hybridized carbons (Fsp3) is 0.472. The van der Waals surface area contributed by atoms with E-state index in [1.807, 2.05) is 24.3 Å². The lowest BCUT2D eigenvalue weighted by Crippen LogP contribution is -2.46. The molecule has 362 valence electrons. The van der Waals surface area contributed by atoms with Crippen LogP contribution in [0.3, 0.4) is 0 Å². The lowest BCUT2D eigenvalue weighted by Gasteiger charge is -2.30. The third kappa shape index (κ3) is 13.5. The molecule has 5 rings (SSSR count). The molecule has 2 aromatic carbocycles. The first-order chi connectivity index (χ1) is 30.7. The smallest absolute Gasteiger partial charge is 0.481 e. The molecular formula is C36H48N7O19P3S. The first kappa shape index (κ1) is 52.7. The van der Waals surface area contributed by atoms with E-state index in [0.29, 0.717) is 5.56 Å². The summed E-state index contributed by atoms with van der Waals surface area (Å²) in [6, 6.07) is 12.6. The molecule has 1 fully saturated rings. The number of nitrogens with one attached hydrogen (secondary N) is 2. The number of phosphoric ester groups is 3. The normalized spacial score (nSPS) is 21.1. The molecule has 3 heterocycles. The molecule has 0 saturated carbocycles. The Morgan fingerprint density at radius 2 is 1.64 bits per heavy atom. The number of aliphatic hydroxyl groups is 2. The molecule has 30 heteroatoms. The molecule has 0 bridgehead atoms. The van der Waals surface area contributed by atoms with Crippen LogP contribution in [-0.4, -0.2) is 134 Å². The third-order valence-corrected chi connectivity index (χ3v) is 14.3. The van der Waals surface area contributed by atoms with Crippen molar-refractivity contribution in [1.82, 2.24) is 30.2 Å². The highest BCUT2D eigenvalue weighted by atomic mass is 32.2. The predicted octanol–water partition coefficient (Wildman–Crippen LogP) is 1.25. The molecule has 0 aliphatic carbocycles. The van der Waals surface area contributed by atoms with Crippen LogP contribution in [0.4, 0.5) is 5.82 Å². The van der Waals surface area contributed by atoms with Crippen LogP contribution in [0, 0.1) is 5.41 Å². The van der Waals surface area contributed by atoms with Crippen molar-refractivity contribution in [1.29, 1.82) is 0 Å². The number of fused-ring (bicyclic) bond motifs is 2. The molecule has 11 N–H and O–H groups in total. The molecule has 0 spiro atoms. The summed E-state index contributed by atoms with van der Waals surface area (Å²) in [6.07, 6.45) is -7.64. The number of phosphoric acid groups is 3. The lowest BCUT2D eigenvalue weighted by molar-refractivity contribution is -0.140.